The summed E-state index contributed by atoms with van der Waals surface area (Å²) in [4.78, 5) is 36.7. The molecule has 0 unspecified atom stereocenters. The lowest BCUT2D eigenvalue weighted by Crippen LogP contribution is -2.46. The maximum Gasteiger partial charge on any atom is 0.311 e. The van der Waals surface area contributed by atoms with E-state index in [1.807, 2.05) is 26.8 Å². The average molecular weight is 450 g/mol. The Balaban J connectivity index is 1.81. The summed E-state index contributed by atoms with van der Waals surface area (Å²) >= 11 is 0. The molecule has 180 valence electrons. The second kappa shape index (κ2) is 9.94. The van der Waals surface area contributed by atoms with Crippen LogP contribution in [0, 0.1) is 29.1 Å². The number of carbonyl (C=O) groups is 3. The topological polar surface area (TPSA) is 116 Å². The summed E-state index contributed by atoms with van der Waals surface area (Å²) in [7, 11) is 0. The molecule has 1 saturated heterocycles. The summed E-state index contributed by atoms with van der Waals surface area (Å²) in [5.41, 5.74) is 6.21. The molecular formula is C25H39NO6. The lowest BCUT2D eigenvalue weighted by atomic mass is 9.62. The van der Waals surface area contributed by atoms with Gasteiger partial charge in [-0.3, -0.25) is 14.4 Å². The molecule has 0 aromatic rings. The minimum Gasteiger partial charge on any atom is -0.462 e. The van der Waals surface area contributed by atoms with Crippen molar-refractivity contribution in [2.75, 3.05) is 0 Å². The number of rotatable bonds is 7. The molecule has 1 heterocycles. The van der Waals surface area contributed by atoms with E-state index in [0.29, 0.717) is 31.6 Å². The number of cyclic esters (lactones) is 1. The van der Waals surface area contributed by atoms with Crippen molar-refractivity contribution in [3.63, 3.8) is 0 Å². The molecular weight excluding hydrogens is 410 g/mol. The predicted molar refractivity (Wildman–Crippen MR) is 119 cm³/mol. The maximum absolute atomic E-state index is 12.9. The Morgan fingerprint density at radius 1 is 1.28 bits per heavy atom. The van der Waals surface area contributed by atoms with E-state index in [1.165, 1.54) is 0 Å². The second-order valence-electron chi connectivity index (χ2n) is 10.7. The Hall–Kier alpha value is -1.89. The van der Waals surface area contributed by atoms with Crippen molar-refractivity contribution in [2.45, 2.75) is 97.4 Å². The summed E-state index contributed by atoms with van der Waals surface area (Å²) in [6.45, 7) is 7.94. The van der Waals surface area contributed by atoms with Gasteiger partial charge in [-0.25, -0.2) is 0 Å². The predicted octanol–water partition coefficient (Wildman–Crippen LogP) is 3.28. The number of hydrogen-bond acceptors (Lipinski definition) is 6. The van der Waals surface area contributed by atoms with E-state index < -0.39 is 23.5 Å². The Morgan fingerprint density at radius 3 is 2.62 bits per heavy atom. The van der Waals surface area contributed by atoms with E-state index in [2.05, 4.69) is 6.92 Å². The largest absolute Gasteiger partial charge is 0.462 e. The highest BCUT2D eigenvalue weighted by atomic mass is 16.6. The second-order valence-corrected chi connectivity index (χ2v) is 10.7. The molecule has 2 aliphatic carbocycles. The van der Waals surface area contributed by atoms with Gasteiger partial charge in [0.25, 0.3) is 0 Å². The SMILES string of the molecule is CCC(C)(C)C(=O)O[C@H]1C[C@@H](C(N)=O)C=C2CC[C@H](C)[C@H](CC[C@@H]3C[C@@H](O)CC(=O)O3)[C@H]21. The van der Waals surface area contributed by atoms with Crippen LogP contribution in [0.4, 0.5) is 0 Å². The molecule has 0 bridgehead atoms. The molecule has 0 aromatic carbocycles. The Labute approximate surface area is 191 Å². The number of fused-ring (bicyclic) bond motifs is 1. The first-order valence-corrected chi connectivity index (χ1v) is 12.1. The normalized spacial score (nSPS) is 35.3. The Kier molecular flexibility index (Phi) is 7.69. The van der Waals surface area contributed by atoms with E-state index in [1.54, 1.807) is 0 Å². The molecule has 1 amide bonds. The van der Waals surface area contributed by atoms with Gasteiger partial charge in [-0.15, -0.1) is 0 Å². The fourth-order valence-electron chi connectivity index (χ4n) is 5.48. The van der Waals surface area contributed by atoms with Crippen LogP contribution in [0.1, 0.15) is 79.1 Å². The smallest absolute Gasteiger partial charge is 0.311 e. The summed E-state index contributed by atoms with van der Waals surface area (Å²) < 4.78 is 11.5. The molecule has 3 rings (SSSR count). The lowest BCUT2D eigenvalue weighted by molar-refractivity contribution is -0.167. The highest BCUT2D eigenvalue weighted by molar-refractivity contribution is 5.79. The van der Waals surface area contributed by atoms with Gasteiger partial charge in [0.1, 0.15) is 12.2 Å². The van der Waals surface area contributed by atoms with Crippen LogP contribution >= 0.6 is 0 Å². The number of amides is 1. The number of esters is 2. The molecule has 7 atom stereocenters. The Bertz CT molecular complexity index is 760. The molecule has 0 spiro atoms. The fraction of sp³-hybridized carbons (Fsp3) is 0.800. The van der Waals surface area contributed by atoms with Gasteiger partial charge in [0.15, 0.2) is 0 Å². The van der Waals surface area contributed by atoms with Crippen LogP contribution in [0.15, 0.2) is 11.6 Å². The van der Waals surface area contributed by atoms with E-state index in [4.69, 9.17) is 15.2 Å². The van der Waals surface area contributed by atoms with Crippen LogP contribution in [0.25, 0.3) is 0 Å². The van der Waals surface area contributed by atoms with Crippen LogP contribution in [0.5, 0.6) is 0 Å². The first-order valence-electron chi connectivity index (χ1n) is 12.1. The van der Waals surface area contributed by atoms with E-state index in [-0.39, 0.29) is 42.2 Å². The van der Waals surface area contributed by atoms with Crippen molar-refractivity contribution in [3.8, 4) is 0 Å². The van der Waals surface area contributed by atoms with Crippen molar-refractivity contribution in [1.82, 2.24) is 0 Å². The minimum atomic E-state index is -0.642. The number of ether oxygens (including phenoxy) is 2. The molecule has 7 nitrogen and oxygen atoms in total. The van der Waals surface area contributed by atoms with Crippen molar-refractivity contribution in [1.29, 1.82) is 0 Å². The highest BCUT2D eigenvalue weighted by Crippen LogP contribution is 2.48. The zero-order chi connectivity index (χ0) is 23.6. The number of carbonyl (C=O) groups excluding carboxylic acids is 3. The zero-order valence-corrected chi connectivity index (χ0v) is 19.8. The third-order valence-corrected chi connectivity index (χ3v) is 7.93. The monoisotopic (exact) mass is 449 g/mol. The van der Waals surface area contributed by atoms with Crippen molar-refractivity contribution >= 4 is 17.8 Å². The average Bonchev–Trinajstić information content (AvgIpc) is 2.72. The van der Waals surface area contributed by atoms with Gasteiger partial charge in [-0.05, 0) is 57.8 Å². The molecule has 0 aromatic heterocycles. The molecule has 3 N–H and O–H groups in total. The van der Waals surface area contributed by atoms with Gasteiger partial charge in [-0.1, -0.05) is 25.5 Å². The van der Waals surface area contributed by atoms with Crippen LogP contribution in [-0.4, -0.2) is 41.3 Å². The summed E-state index contributed by atoms with van der Waals surface area (Å²) in [5.74, 6) is -0.708. The van der Waals surface area contributed by atoms with E-state index in [0.717, 1.165) is 24.8 Å². The molecule has 3 aliphatic rings. The number of primary amides is 1. The standard InChI is InChI=1S/C25H39NO6/c1-5-25(3,4)24(30)32-20-11-16(23(26)29)10-15-7-6-14(2)19(22(15)20)9-8-18-12-17(27)13-21(28)31-18/h10,14,16-20,22,27H,5-9,11-13H2,1-4H3,(H2,26,29)/t14-,16-,17+,18+,19-,20-,22-/m0/s1. The summed E-state index contributed by atoms with van der Waals surface area (Å²) in [6.07, 6.45) is 5.63. The third kappa shape index (κ3) is 5.53. The fourth-order valence-corrected chi connectivity index (χ4v) is 5.48. The molecule has 7 heteroatoms. The summed E-state index contributed by atoms with van der Waals surface area (Å²) in [5, 5.41) is 9.94. The van der Waals surface area contributed by atoms with Crippen LogP contribution in [0.3, 0.4) is 0 Å². The first kappa shape index (κ1) is 24.7. The summed E-state index contributed by atoms with van der Waals surface area (Å²) in [6, 6.07) is 0. The molecule has 32 heavy (non-hydrogen) atoms. The quantitative estimate of drug-likeness (QED) is 0.455. The third-order valence-electron chi connectivity index (χ3n) is 7.93. The number of hydrogen-bond donors (Lipinski definition) is 2. The van der Waals surface area contributed by atoms with Crippen LogP contribution in [0.2, 0.25) is 0 Å². The van der Waals surface area contributed by atoms with Gasteiger partial charge in [-0.2, -0.15) is 0 Å². The van der Waals surface area contributed by atoms with Crippen LogP contribution < -0.4 is 5.73 Å². The van der Waals surface area contributed by atoms with E-state index in [9.17, 15) is 19.5 Å². The van der Waals surface area contributed by atoms with E-state index >= 15 is 0 Å². The van der Waals surface area contributed by atoms with Gasteiger partial charge in [0.2, 0.25) is 5.91 Å². The lowest BCUT2D eigenvalue weighted by Gasteiger charge is -2.46. The zero-order valence-electron chi connectivity index (χ0n) is 19.8. The van der Waals surface area contributed by atoms with Gasteiger partial charge in [0.05, 0.1) is 23.9 Å². The molecule has 1 saturated carbocycles. The van der Waals surface area contributed by atoms with Crippen molar-refractivity contribution in [3.05, 3.63) is 11.6 Å². The van der Waals surface area contributed by atoms with Crippen molar-refractivity contribution < 1.29 is 29.0 Å². The van der Waals surface area contributed by atoms with Crippen LogP contribution in [-0.2, 0) is 23.9 Å². The Morgan fingerprint density at radius 2 is 2.00 bits per heavy atom. The highest BCUT2D eigenvalue weighted by Gasteiger charge is 2.46. The molecule has 0 radical (unpaired) electrons. The van der Waals surface area contributed by atoms with Crippen molar-refractivity contribution in [2.24, 2.45) is 34.8 Å². The van der Waals surface area contributed by atoms with Gasteiger partial charge < -0.3 is 20.3 Å². The molecule has 2 fully saturated rings. The number of aliphatic hydroxyl groups is 1. The number of aliphatic hydroxyl groups excluding tert-OH is 1. The first-order chi connectivity index (χ1) is 15.0. The minimum absolute atomic E-state index is 0.0372. The number of nitrogens with two attached hydrogens (primary N) is 1. The van der Waals surface area contributed by atoms with Gasteiger partial charge >= 0.3 is 11.9 Å². The maximum atomic E-state index is 12.9. The molecule has 1 aliphatic heterocycles. The van der Waals surface area contributed by atoms with Gasteiger partial charge in [0, 0.05) is 18.8 Å².